The Morgan fingerprint density at radius 3 is 2.83 bits per heavy atom. The number of carbonyl (C=O) groups excluding carboxylic acids is 1. The molecule has 2 aromatic heterocycles. The summed E-state index contributed by atoms with van der Waals surface area (Å²) in [6.07, 6.45) is 3.86. The van der Waals surface area contributed by atoms with E-state index in [0.29, 0.717) is 23.6 Å². The van der Waals surface area contributed by atoms with Crippen LogP contribution in [-0.4, -0.2) is 48.7 Å². The molecule has 0 bridgehead atoms. The Bertz CT molecular complexity index is 1080. The molecule has 30 heavy (non-hydrogen) atoms. The number of rotatable bonds is 7. The van der Waals surface area contributed by atoms with Crippen molar-refractivity contribution in [2.24, 2.45) is 0 Å². The number of hydrogen-bond acceptors (Lipinski definition) is 6. The Labute approximate surface area is 185 Å². The number of thiazole rings is 1. The van der Waals surface area contributed by atoms with Crippen LogP contribution in [0.5, 0.6) is 0 Å². The van der Waals surface area contributed by atoms with E-state index in [1.165, 1.54) is 15.6 Å². The lowest BCUT2D eigenvalue weighted by Gasteiger charge is -2.34. The molecule has 0 aliphatic carbocycles. The number of fused-ring (bicyclic) bond motifs is 1. The number of para-hydroxylation sites is 1. The molecule has 1 aliphatic heterocycles. The fourth-order valence-electron chi connectivity index (χ4n) is 3.80. The Hall–Kier alpha value is -1.81. The lowest BCUT2D eigenvalue weighted by atomic mass is 10.0. The maximum absolute atomic E-state index is 13.0. The number of likely N-dealkylation sites (tertiary alicyclic amines) is 1. The molecule has 4 rings (SSSR count). The number of piperidine rings is 1. The number of hydrogen-bond donors (Lipinski definition) is 0. The summed E-state index contributed by atoms with van der Waals surface area (Å²) in [5.41, 5.74) is 0.982. The van der Waals surface area contributed by atoms with Crippen LogP contribution in [0.2, 0.25) is 0 Å². The van der Waals surface area contributed by atoms with Gasteiger partial charge in [-0.05, 0) is 49.3 Å². The van der Waals surface area contributed by atoms with E-state index in [1.54, 1.807) is 35.9 Å². The number of aromatic nitrogens is 1. The molecule has 1 fully saturated rings. The SMILES string of the molecule is CN(CCCC(=O)N1CCCCC1c1nc2ccccc2s1)S(=O)(=O)c1cccs1. The largest absolute Gasteiger partial charge is 0.333 e. The number of sulfonamides is 1. The summed E-state index contributed by atoms with van der Waals surface area (Å²) < 4.78 is 27.9. The molecule has 1 aliphatic rings. The molecule has 0 saturated carbocycles. The van der Waals surface area contributed by atoms with Gasteiger partial charge in [0.05, 0.1) is 16.3 Å². The summed E-state index contributed by atoms with van der Waals surface area (Å²) in [5, 5.41) is 2.75. The zero-order chi connectivity index (χ0) is 21.1. The van der Waals surface area contributed by atoms with Crippen LogP contribution in [0.1, 0.15) is 43.2 Å². The topological polar surface area (TPSA) is 70.6 Å². The highest BCUT2D eigenvalue weighted by molar-refractivity contribution is 7.91. The van der Waals surface area contributed by atoms with Crippen LogP contribution in [0.4, 0.5) is 0 Å². The van der Waals surface area contributed by atoms with E-state index in [1.807, 2.05) is 23.1 Å². The van der Waals surface area contributed by atoms with Gasteiger partial charge in [0.2, 0.25) is 5.91 Å². The number of amides is 1. The zero-order valence-corrected chi connectivity index (χ0v) is 19.3. The first-order valence-electron chi connectivity index (χ1n) is 10.1. The Kier molecular flexibility index (Phi) is 6.52. The van der Waals surface area contributed by atoms with Gasteiger partial charge >= 0.3 is 0 Å². The van der Waals surface area contributed by atoms with E-state index in [2.05, 4.69) is 6.07 Å². The lowest BCUT2D eigenvalue weighted by Crippen LogP contribution is -2.38. The Balaban J connectivity index is 1.39. The molecule has 6 nitrogen and oxygen atoms in total. The van der Waals surface area contributed by atoms with Crippen LogP contribution >= 0.6 is 22.7 Å². The van der Waals surface area contributed by atoms with Crippen molar-refractivity contribution < 1.29 is 13.2 Å². The molecule has 1 amide bonds. The molecular formula is C21H25N3O3S3. The van der Waals surface area contributed by atoms with E-state index in [4.69, 9.17) is 4.98 Å². The monoisotopic (exact) mass is 463 g/mol. The van der Waals surface area contributed by atoms with Crippen molar-refractivity contribution in [3.8, 4) is 0 Å². The number of carbonyl (C=O) groups is 1. The van der Waals surface area contributed by atoms with Crippen molar-refractivity contribution in [2.45, 2.75) is 42.4 Å². The molecule has 1 atom stereocenters. The van der Waals surface area contributed by atoms with E-state index in [-0.39, 0.29) is 11.9 Å². The normalized spacial score (nSPS) is 17.7. The predicted molar refractivity (Wildman–Crippen MR) is 121 cm³/mol. The Morgan fingerprint density at radius 2 is 2.07 bits per heavy atom. The van der Waals surface area contributed by atoms with Gasteiger partial charge in [0.1, 0.15) is 9.22 Å². The van der Waals surface area contributed by atoms with Crippen molar-refractivity contribution >= 4 is 48.8 Å². The van der Waals surface area contributed by atoms with Gasteiger partial charge in [0.15, 0.2) is 0 Å². The summed E-state index contributed by atoms with van der Waals surface area (Å²) >= 11 is 2.87. The first-order chi connectivity index (χ1) is 14.5. The van der Waals surface area contributed by atoms with Crippen molar-refractivity contribution in [1.82, 2.24) is 14.2 Å². The Morgan fingerprint density at radius 1 is 1.23 bits per heavy atom. The van der Waals surface area contributed by atoms with Crippen LogP contribution in [0.15, 0.2) is 46.0 Å². The highest BCUT2D eigenvalue weighted by Crippen LogP contribution is 2.36. The molecule has 9 heteroatoms. The second-order valence-electron chi connectivity index (χ2n) is 7.48. The molecule has 3 aromatic rings. The van der Waals surface area contributed by atoms with Crippen LogP contribution in [0, 0.1) is 0 Å². The van der Waals surface area contributed by atoms with Crippen LogP contribution in [0.25, 0.3) is 10.2 Å². The minimum Gasteiger partial charge on any atom is -0.333 e. The first kappa shape index (κ1) is 21.4. The summed E-state index contributed by atoms with van der Waals surface area (Å²) in [4.78, 5) is 19.7. The van der Waals surface area contributed by atoms with Crippen LogP contribution in [0.3, 0.4) is 0 Å². The fraction of sp³-hybridized carbons (Fsp3) is 0.429. The van der Waals surface area contributed by atoms with Gasteiger partial charge in [-0.3, -0.25) is 4.79 Å². The smallest absolute Gasteiger partial charge is 0.252 e. The number of nitrogens with zero attached hydrogens (tertiary/aromatic N) is 3. The fourth-order valence-corrected chi connectivity index (χ4v) is 7.33. The molecule has 1 unspecified atom stereocenters. The van der Waals surface area contributed by atoms with Gasteiger partial charge in [-0.25, -0.2) is 17.7 Å². The molecule has 1 saturated heterocycles. The quantitative estimate of drug-likeness (QED) is 0.517. The minimum atomic E-state index is -3.47. The number of benzene rings is 1. The predicted octanol–water partition coefficient (Wildman–Crippen LogP) is 4.51. The van der Waals surface area contributed by atoms with Crippen LogP contribution in [-0.2, 0) is 14.8 Å². The lowest BCUT2D eigenvalue weighted by molar-refractivity contribution is -0.135. The molecule has 3 heterocycles. The van der Waals surface area contributed by atoms with Gasteiger partial charge in [0, 0.05) is 26.6 Å². The third-order valence-corrected chi connectivity index (χ3v) is 9.81. The minimum absolute atomic E-state index is 0.0243. The van der Waals surface area contributed by atoms with Crippen LogP contribution < -0.4 is 0 Å². The zero-order valence-electron chi connectivity index (χ0n) is 16.9. The third-order valence-electron chi connectivity index (χ3n) is 5.44. The first-order valence-corrected chi connectivity index (χ1v) is 13.3. The average Bonchev–Trinajstić information content (AvgIpc) is 3.43. The summed E-state index contributed by atoms with van der Waals surface area (Å²) in [5.74, 6) is 0.0841. The molecular weight excluding hydrogens is 438 g/mol. The van der Waals surface area contributed by atoms with E-state index in [9.17, 15) is 13.2 Å². The second-order valence-corrected chi connectivity index (χ2v) is 11.8. The average molecular weight is 464 g/mol. The van der Waals surface area contributed by atoms with Crippen molar-refractivity contribution in [3.63, 3.8) is 0 Å². The summed E-state index contributed by atoms with van der Waals surface area (Å²) in [7, 11) is -1.89. The highest BCUT2D eigenvalue weighted by Gasteiger charge is 2.30. The van der Waals surface area contributed by atoms with Gasteiger partial charge in [0.25, 0.3) is 10.0 Å². The molecule has 1 aromatic carbocycles. The van der Waals surface area contributed by atoms with E-state index < -0.39 is 10.0 Å². The van der Waals surface area contributed by atoms with Crippen molar-refractivity contribution in [3.05, 3.63) is 46.8 Å². The second kappa shape index (κ2) is 9.13. The maximum atomic E-state index is 13.0. The van der Waals surface area contributed by atoms with E-state index in [0.717, 1.165) is 41.0 Å². The van der Waals surface area contributed by atoms with Gasteiger partial charge in [-0.15, -0.1) is 22.7 Å². The third kappa shape index (κ3) is 4.44. The highest BCUT2D eigenvalue weighted by atomic mass is 32.2. The van der Waals surface area contributed by atoms with Gasteiger partial charge in [-0.2, -0.15) is 0 Å². The molecule has 0 radical (unpaired) electrons. The van der Waals surface area contributed by atoms with Crippen molar-refractivity contribution in [1.29, 1.82) is 0 Å². The summed E-state index contributed by atoms with van der Waals surface area (Å²) in [6.45, 7) is 1.06. The standard InChI is InChI=1S/C21H25N3O3S3/c1-23(30(26,27)20-12-7-15-28-20)13-6-11-19(25)24-14-5-4-9-17(24)21-22-16-8-2-3-10-18(16)29-21/h2-3,7-8,10,12,15,17H,4-6,9,11,13-14H2,1H3. The van der Waals surface area contributed by atoms with Gasteiger partial charge in [-0.1, -0.05) is 18.2 Å². The van der Waals surface area contributed by atoms with Crippen molar-refractivity contribution in [2.75, 3.05) is 20.1 Å². The molecule has 160 valence electrons. The number of thiophene rings is 1. The van der Waals surface area contributed by atoms with Gasteiger partial charge < -0.3 is 4.90 Å². The van der Waals surface area contributed by atoms with E-state index >= 15 is 0 Å². The molecule has 0 spiro atoms. The molecule has 0 N–H and O–H groups in total. The summed E-state index contributed by atoms with van der Waals surface area (Å²) in [6, 6.07) is 11.4. The maximum Gasteiger partial charge on any atom is 0.252 e.